The topological polar surface area (TPSA) is 53.5 Å². The molecule has 23 heavy (non-hydrogen) atoms. The molecule has 1 heterocycles. The number of para-hydroxylation sites is 1. The van der Waals surface area contributed by atoms with Crippen LogP contribution in [0.25, 0.3) is 0 Å². The number of amides is 1. The van der Waals surface area contributed by atoms with Gasteiger partial charge < -0.3 is 10.6 Å². The molecule has 0 saturated carbocycles. The van der Waals surface area contributed by atoms with Crippen molar-refractivity contribution in [3.05, 3.63) is 65.2 Å². The Morgan fingerprint density at radius 1 is 1.13 bits per heavy atom. The number of nitrogens with zero attached hydrogens (tertiary/aromatic N) is 1. The Kier molecular flexibility index (Phi) is 4.32. The van der Waals surface area contributed by atoms with Gasteiger partial charge in [-0.1, -0.05) is 12.1 Å². The molecule has 2 aromatic carbocycles. The molecule has 1 aliphatic heterocycles. The minimum atomic E-state index is -1.05. The molecular formula is C17H15F2N3O. The van der Waals surface area contributed by atoms with E-state index in [0.717, 1.165) is 43.0 Å². The van der Waals surface area contributed by atoms with Gasteiger partial charge in [0.05, 0.1) is 5.69 Å². The lowest BCUT2D eigenvalue weighted by Crippen LogP contribution is -2.31. The first-order chi connectivity index (χ1) is 11.1. The second kappa shape index (κ2) is 6.56. The van der Waals surface area contributed by atoms with Crippen LogP contribution in [0.4, 0.5) is 14.5 Å². The first kappa shape index (κ1) is 15.1. The average Bonchev–Trinajstić information content (AvgIpc) is 2.58. The van der Waals surface area contributed by atoms with E-state index in [9.17, 15) is 13.6 Å². The summed E-state index contributed by atoms with van der Waals surface area (Å²) >= 11 is 0. The maximum Gasteiger partial charge on any atom is 0.255 e. The highest BCUT2D eigenvalue weighted by Crippen LogP contribution is 2.18. The van der Waals surface area contributed by atoms with Gasteiger partial charge in [0.15, 0.2) is 11.6 Å². The van der Waals surface area contributed by atoms with Crippen LogP contribution in [0.5, 0.6) is 0 Å². The van der Waals surface area contributed by atoms with Crippen LogP contribution in [0.3, 0.4) is 0 Å². The SMILES string of the molecule is O=C(Nc1ccccc1C1=NCCCN1)c1ccc(F)c(F)c1. The van der Waals surface area contributed by atoms with Gasteiger partial charge in [0, 0.05) is 24.2 Å². The van der Waals surface area contributed by atoms with Gasteiger partial charge in [-0.25, -0.2) is 8.78 Å². The van der Waals surface area contributed by atoms with E-state index in [1.54, 1.807) is 12.1 Å². The lowest BCUT2D eigenvalue weighted by molar-refractivity contribution is 0.102. The van der Waals surface area contributed by atoms with Crippen molar-refractivity contribution in [1.82, 2.24) is 5.32 Å². The van der Waals surface area contributed by atoms with Crippen LogP contribution < -0.4 is 10.6 Å². The van der Waals surface area contributed by atoms with Crippen molar-refractivity contribution < 1.29 is 13.6 Å². The maximum atomic E-state index is 13.3. The summed E-state index contributed by atoms with van der Waals surface area (Å²) in [6.45, 7) is 1.55. The van der Waals surface area contributed by atoms with Gasteiger partial charge in [0.1, 0.15) is 5.84 Å². The monoisotopic (exact) mass is 315 g/mol. The molecule has 0 spiro atoms. The normalized spacial score (nSPS) is 13.9. The molecule has 0 saturated heterocycles. The summed E-state index contributed by atoms with van der Waals surface area (Å²) in [4.78, 5) is 16.7. The summed E-state index contributed by atoms with van der Waals surface area (Å²) in [6.07, 6.45) is 0.965. The number of carbonyl (C=O) groups excluding carboxylic acids is 1. The van der Waals surface area contributed by atoms with Crippen molar-refractivity contribution in [3.63, 3.8) is 0 Å². The van der Waals surface area contributed by atoms with Gasteiger partial charge >= 0.3 is 0 Å². The predicted molar refractivity (Wildman–Crippen MR) is 84.8 cm³/mol. The Bertz CT molecular complexity index is 774. The average molecular weight is 315 g/mol. The summed E-state index contributed by atoms with van der Waals surface area (Å²) in [5, 5.41) is 5.92. The minimum Gasteiger partial charge on any atom is -0.370 e. The largest absolute Gasteiger partial charge is 0.370 e. The summed E-state index contributed by atoms with van der Waals surface area (Å²) in [6, 6.07) is 10.3. The Hall–Kier alpha value is -2.76. The van der Waals surface area contributed by atoms with Gasteiger partial charge in [-0.15, -0.1) is 0 Å². The number of hydrogen-bond acceptors (Lipinski definition) is 3. The van der Waals surface area contributed by atoms with Crippen LogP contribution in [0.2, 0.25) is 0 Å². The molecule has 0 aliphatic carbocycles. The fourth-order valence-corrected chi connectivity index (χ4v) is 2.34. The molecule has 1 aliphatic rings. The van der Waals surface area contributed by atoms with Crippen LogP contribution in [-0.2, 0) is 0 Å². The summed E-state index contributed by atoms with van der Waals surface area (Å²) in [7, 11) is 0. The van der Waals surface area contributed by atoms with Crippen LogP contribution in [0, 0.1) is 11.6 Å². The molecule has 0 atom stereocenters. The van der Waals surface area contributed by atoms with E-state index in [1.807, 2.05) is 12.1 Å². The highest BCUT2D eigenvalue weighted by Gasteiger charge is 2.15. The minimum absolute atomic E-state index is 0.0530. The third-order valence-corrected chi connectivity index (χ3v) is 3.51. The summed E-state index contributed by atoms with van der Waals surface area (Å²) in [5.74, 6) is -1.82. The molecule has 6 heteroatoms. The molecule has 0 fully saturated rings. The number of aliphatic imine (C=N–C) groups is 1. The molecule has 2 N–H and O–H groups in total. The van der Waals surface area contributed by atoms with Crippen LogP contribution >= 0.6 is 0 Å². The number of halogens is 2. The molecule has 0 bridgehead atoms. The lowest BCUT2D eigenvalue weighted by Gasteiger charge is -2.17. The second-order valence-corrected chi connectivity index (χ2v) is 5.14. The van der Waals surface area contributed by atoms with Crippen LogP contribution in [0.1, 0.15) is 22.3 Å². The number of nitrogens with one attached hydrogen (secondary N) is 2. The van der Waals surface area contributed by atoms with E-state index in [4.69, 9.17) is 0 Å². The zero-order valence-electron chi connectivity index (χ0n) is 12.3. The van der Waals surface area contributed by atoms with Gasteiger partial charge in [-0.05, 0) is 36.8 Å². The molecule has 118 valence electrons. The van der Waals surface area contributed by atoms with Crippen molar-refractivity contribution in [3.8, 4) is 0 Å². The molecule has 0 aromatic heterocycles. The number of benzene rings is 2. The predicted octanol–water partition coefficient (Wildman–Crippen LogP) is 2.96. The van der Waals surface area contributed by atoms with Gasteiger partial charge in [0.2, 0.25) is 0 Å². The zero-order valence-corrected chi connectivity index (χ0v) is 12.3. The van der Waals surface area contributed by atoms with Crippen molar-refractivity contribution in [2.75, 3.05) is 18.4 Å². The number of anilines is 1. The molecule has 4 nitrogen and oxygen atoms in total. The molecule has 0 unspecified atom stereocenters. The van der Waals surface area contributed by atoms with E-state index >= 15 is 0 Å². The number of hydrogen-bond donors (Lipinski definition) is 2. The van der Waals surface area contributed by atoms with E-state index in [0.29, 0.717) is 5.69 Å². The third kappa shape index (κ3) is 3.36. The fourth-order valence-electron chi connectivity index (χ4n) is 2.34. The van der Waals surface area contributed by atoms with Gasteiger partial charge in [-0.2, -0.15) is 0 Å². The Balaban J connectivity index is 1.86. The standard InChI is InChI=1S/C17H15F2N3O/c18-13-7-6-11(10-14(13)19)17(23)22-15-5-2-1-4-12(15)16-20-8-3-9-21-16/h1-2,4-7,10H,3,8-9H2,(H,20,21)(H,22,23). The molecule has 3 rings (SSSR count). The smallest absolute Gasteiger partial charge is 0.255 e. The summed E-state index contributed by atoms with van der Waals surface area (Å²) < 4.78 is 26.2. The molecule has 1 amide bonds. The van der Waals surface area contributed by atoms with Crippen LogP contribution in [0.15, 0.2) is 47.5 Å². The Morgan fingerprint density at radius 3 is 2.70 bits per heavy atom. The fraction of sp³-hybridized carbons (Fsp3) is 0.176. The van der Waals surface area contributed by atoms with Crippen molar-refractivity contribution >= 4 is 17.4 Å². The van der Waals surface area contributed by atoms with Gasteiger partial charge in [0.25, 0.3) is 5.91 Å². The van der Waals surface area contributed by atoms with Crippen LogP contribution in [-0.4, -0.2) is 24.8 Å². The zero-order chi connectivity index (χ0) is 16.2. The first-order valence-corrected chi connectivity index (χ1v) is 7.29. The first-order valence-electron chi connectivity index (χ1n) is 7.29. The van der Waals surface area contributed by atoms with Crippen molar-refractivity contribution in [2.45, 2.75) is 6.42 Å². The highest BCUT2D eigenvalue weighted by molar-refractivity contribution is 6.10. The molecule has 2 aromatic rings. The lowest BCUT2D eigenvalue weighted by atomic mass is 10.1. The van der Waals surface area contributed by atoms with Crippen molar-refractivity contribution in [2.24, 2.45) is 4.99 Å². The van der Waals surface area contributed by atoms with E-state index in [-0.39, 0.29) is 5.56 Å². The Morgan fingerprint density at radius 2 is 1.96 bits per heavy atom. The number of carbonyl (C=O) groups is 1. The number of amidine groups is 1. The number of rotatable bonds is 3. The third-order valence-electron chi connectivity index (χ3n) is 3.51. The quantitative estimate of drug-likeness (QED) is 0.915. The van der Waals surface area contributed by atoms with E-state index in [2.05, 4.69) is 15.6 Å². The highest BCUT2D eigenvalue weighted by atomic mass is 19.2. The van der Waals surface area contributed by atoms with Crippen molar-refractivity contribution in [1.29, 1.82) is 0 Å². The summed E-state index contributed by atoms with van der Waals surface area (Å²) in [5.41, 5.74) is 1.38. The van der Waals surface area contributed by atoms with E-state index < -0.39 is 17.5 Å². The second-order valence-electron chi connectivity index (χ2n) is 5.14. The van der Waals surface area contributed by atoms with E-state index in [1.165, 1.54) is 6.07 Å². The maximum absolute atomic E-state index is 13.3. The molecular weight excluding hydrogens is 300 g/mol. The Labute approximate surface area is 132 Å². The van der Waals surface area contributed by atoms with Gasteiger partial charge in [-0.3, -0.25) is 9.79 Å². The molecule has 0 radical (unpaired) electrons.